The fourth-order valence-electron chi connectivity index (χ4n) is 1.81. The van der Waals surface area contributed by atoms with Gasteiger partial charge in [-0.25, -0.2) is 0 Å². The van der Waals surface area contributed by atoms with Crippen LogP contribution in [0.3, 0.4) is 0 Å². The van der Waals surface area contributed by atoms with E-state index in [1.807, 2.05) is 31.2 Å². The summed E-state index contributed by atoms with van der Waals surface area (Å²) in [5, 5.41) is 4.19. The lowest BCUT2D eigenvalue weighted by Gasteiger charge is -2.17. The molecule has 1 unspecified atom stereocenters. The van der Waals surface area contributed by atoms with Crippen molar-refractivity contribution in [3.05, 3.63) is 63.1 Å². The molecule has 94 valence electrons. The van der Waals surface area contributed by atoms with Crippen molar-refractivity contribution in [2.24, 2.45) is 0 Å². The molecule has 0 aliphatic carbocycles. The quantitative estimate of drug-likeness (QED) is 0.776. The second kappa shape index (κ2) is 5.77. The van der Waals surface area contributed by atoms with Crippen LogP contribution in [-0.2, 0) is 0 Å². The highest BCUT2D eigenvalue weighted by atomic mass is 79.9. The second-order valence-corrected chi connectivity index (χ2v) is 5.72. The Kier molecular flexibility index (Phi) is 4.31. The van der Waals surface area contributed by atoms with E-state index < -0.39 is 0 Å². The summed E-state index contributed by atoms with van der Waals surface area (Å²) >= 11 is 9.66. The van der Waals surface area contributed by atoms with Gasteiger partial charge in [0, 0.05) is 10.5 Å². The number of nitrogens with one attached hydrogen (secondary N) is 1. The van der Waals surface area contributed by atoms with Gasteiger partial charge < -0.3 is 5.32 Å². The van der Waals surface area contributed by atoms with E-state index in [0.29, 0.717) is 0 Å². The maximum atomic E-state index is 6.22. The van der Waals surface area contributed by atoms with Gasteiger partial charge in [-0.3, -0.25) is 0 Å². The number of halogens is 2. The normalized spacial score (nSPS) is 12.2. The molecule has 0 aromatic heterocycles. The number of hydrogen-bond acceptors (Lipinski definition) is 1. The van der Waals surface area contributed by atoms with Gasteiger partial charge in [-0.05, 0) is 49.2 Å². The first-order valence-corrected chi connectivity index (χ1v) is 7.01. The van der Waals surface area contributed by atoms with Crippen molar-refractivity contribution in [3.63, 3.8) is 0 Å². The summed E-state index contributed by atoms with van der Waals surface area (Å²) in [6.45, 7) is 4.16. The number of aryl methyl sites for hydroxylation is 1. The molecule has 1 atom stereocenters. The van der Waals surface area contributed by atoms with Crippen molar-refractivity contribution in [1.82, 2.24) is 0 Å². The molecule has 0 heterocycles. The predicted molar refractivity (Wildman–Crippen MR) is 82.4 cm³/mol. The number of hydrogen-bond donors (Lipinski definition) is 1. The largest absolute Gasteiger partial charge is 0.377 e. The lowest BCUT2D eigenvalue weighted by atomic mass is 10.1. The minimum absolute atomic E-state index is 0.221. The summed E-state index contributed by atoms with van der Waals surface area (Å²) < 4.78 is 1.09. The Balaban J connectivity index is 2.15. The molecular formula is C15H15BrClN. The molecule has 0 spiro atoms. The number of benzene rings is 2. The molecule has 0 saturated heterocycles. The van der Waals surface area contributed by atoms with Gasteiger partial charge in [0.05, 0.1) is 10.7 Å². The lowest BCUT2D eigenvalue weighted by Crippen LogP contribution is -2.06. The molecule has 1 N–H and O–H groups in total. The molecule has 2 aromatic carbocycles. The maximum Gasteiger partial charge on any atom is 0.0640 e. The first-order valence-electron chi connectivity index (χ1n) is 5.84. The Bertz CT molecular complexity index is 537. The Hall–Kier alpha value is -0.990. The van der Waals surface area contributed by atoms with E-state index in [0.717, 1.165) is 15.2 Å². The molecule has 0 aliphatic rings. The topological polar surface area (TPSA) is 12.0 Å². The first kappa shape index (κ1) is 13.4. The summed E-state index contributed by atoms with van der Waals surface area (Å²) in [5.74, 6) is 0. The summed E-state index contributed by atoms with van der Waals surface area (Å²) in [7, 11) is 0. The van der Waals surface area contributed by atoms with Crippen LogP contribution in [0.2, 0.25) is 5.02 Å². The van der Waals surface area contributed by atoms with Gasteiger partial charge in [-0.2, -0.15) is 0 Å². The minimum atomic E-state index is 0.221. The highest BCUT2D eigenvalue weighted by Gasteiger charge is 2.07. The molecule has 1 nitrogen and oxygen atoms in total. The fourth-order valence-corrected chi connectivity index (χ4v) is 2.36. The predicted octanol–water partition coefficient (Wildman–Crippen LogP) is 5.58. The van der Waals surface area contributed by atoms with Gasteiger partial charge in [0.25, 0.3) is 0 Å². The maximum absolute atomic E-state index is 6.22. The van der Waals surface area contributed by atoms with Gasteiger partial charge in [0.15, 0.2) is 0 Å². The van der Waals surface area contributed by atoms with Crippen LogP contribution in [0, 0.1) is 6.92 Å². The average molecular weight is 325 g/mol. The van der Waals surface area contributed by atoms with E-state index in [9.17, 15) is 0 Å². The first-order chi connectivity index (χ1) is 8.56. The summed E-state index contributed by atoms with van der Waals surface area (Å²) in [4.78, 5) is 0. The molecule has 18 heavy (non-hydrogen) atoms. The second-order valence-electron chi connectivity index (χ2n) is 4.40. The highest BCUT2D eigenvalue weighted by Crippen LogP contribution is 2.27. The molecule has 0 bridgehead atoms. The van der Waals surface area contributed by atoms with Crippen LogP contribution >= 0.6 is 27.5 Å². The van der Waals surface area contributed by atoms with E-state index in [1.54, 1.807) is 0 Å². The number of rotatable bonds is 3. The summed E-state index contributed by atoms with van der Waals surface area (Å²) in [6, 6.07) is 14.6. The molecule has 0 radical (unpaired) electrons. The van der Waals surface area contributed by atoms with Gasteiger partial charge in [0.2, 0.25) is 0 Å². The third-order valence-electron chi connectivity index (χ3n) is 2.87. The van der Waals surface area contributed by atoms with Crippen LogP contribution in [0.1, 0.15) is 24.1 Å². The average Bonchev–Trinajstić information content (AvgIpc) is 2.33. The third-order valence-corrected chi connectivity index (χ3v) is 3.71. The molecule has 0 saturated carbocycles. The third kappa shape index (κ3) is 3.27. The Morgan fingerprint density at radius 1 is 1.11 bits per heavy atom. The van der Waals surface area contributed by atoms with Crippen molar-refractivity contribution in [2.75, 3.05) is 5.32 Å². The van der Waals surface area contributed by atoms with Crippen LogP contribution in [0.15, 0.2) is 46.9 Å². The zero-order chi connectivity index (χ0) is 13.1. The SMILES string of the molecule is Cc1ccc(NC(C)c2ccc(Br)cc2)c(Cl)c1. The molecule has 0 aliphatic heterocycles. The van der Waals surface area contributed by atoms with Gasteiger partial charge in [-0.1, -0.05) is 45.7 Å². The highest BCUT2D eigenvalue weighted by molar-refractivity contribution is 9.10. The van der Waals surface area contributed by atoms with Crippen molar-refractivity contribution >= 4 is 33.2 Å². The van der Waals surface area contributed by atoms with Crippen LogP contribution in [0.4, 0.5) is 5.69 Å². The Labute approximate surface area is 121 Å². The summed E-state index contributed by atoms with van der Waals surface area (Å²) in [5.41, 5.74) is 3.37. The Morgan fingerprint density at radius 3 is 2.39 bits per heavy atom. The Morgan fingerprint density at radius 2 is 1.78 bits per heavy atom. The monoisotopic (exact) mass is 323 g/mol. The smallest absolute Gasteiger partial charge is 0.0640 e. The molecule has 0 amide bonds. The van der Waals surface area contributed by atoms with Gasteiger partial charge in [0.1, 0.15) is 0 Å². The molecule has 3 heteroatoms. The minimum Gasteiger partial charge on any atom is -0.377 e. The van der Waals surface area contributed by atoms with Crippen LogP contribution in [-0.4, -0.2) is 0 Å². The van der Waals surface area contributed by atoms with Crippen molar-refractivity contribution < 1.29 is 0 Å². The van der Waals surface area contributed by atoms with Gasteiger partial charge in [-0.15, -0.1) is 0 Å². The zero-order valence-corrected chi connectivity index (χ0v) is 12.7. The molecule has 2 rings (SSSR count). The lowest BCUT2D eigenvalue weighted by molar-refractivity contribution is 0.884. The van der Waals surface area contributed by atoms with E-state index in [1.165, 1.54) is 11.1 Å². The van der Waals surface area contributed by atoms with E-state index >= 15 is 0 Å². The molecule has 2 aromatic rings. The standard InChI is InChI=1S/C15H15BrClN/c1-10-3-8-15(14(17)9-10)18-11(2)12-4-6-13(16)7-5-12/h3-9,11,18H,1-2H3. The van der Waals surface area contributed by atoms with Gasteiger partial charge >= 0.3 is 0 Å². The van der Waals surface area contributed by atoms with Crippen LogP contribution in [0.25, 0.3) is 0 Å². The van der Waals surface area contributed by atoms with Crippen LogP contribution < -0.4 is 5.32 Å². The fraction of sp³-hybridized carbons (Fsp3) is 0.200. The number of anilines is 1. The van der Waals surface area contributed by atoms with E-state index in [-0.39, 0.29) is 6.04 Å². The molecular weight excluding hydrogens is 310 g/mol. The van der Waals surface area contributed by atoms with E-state index in [4.69, 9.17) is 11.6 Å². The van der Waals surface area contributed by atoms with E-state index in [2.05, 4.69) is 46.4 Å². The molecule has 0 fully saturated rings. The zero-order valence-electron chi connectivity index (χ0n) is 10.4. The van der Waals surface area contributed by atoms with Crippen molar-refractivity contribution in [2.45, 2.75) is 19.9 Å². The van der Waals surface area contributed by atoms with Crippen molar-refractivity contribution in [1.29, 1.82) is 0 Å². The van der Waals surface area contributed by atoms with Crippen molar-refractivity contribution in [3.8, 4) is 0 Å². The van der Waals surface area contributed by atoms with Crippen LogP contribution in [0.5, 0.6) is 0 Å². The summed E-state index contributed by atoms with van der Waals surface area (Å²) in [6.07, 6.45) is 0.